The van der Waals surface area contributed by atoms with Crippen LogP contribution in [-0.4, -0.2) is 34.3 Å². The van der Waals surface area contributed by atoms with Crippen molar-refractivity contribution in [3.05, 3.63) is 0 Å². The number of nitriles is 1. The standard InChI is InChI=1S/C6H13N3O2S/c1-12(10,11)9-5-2-4-8-6-3-7/h8-9H,2,4-6H2,1H3. The molecule has 0 amide bonds. The molecule has 0 saturated carbocycles. The van der Waals surface area contributed by atoms with Crippen molar-refractivity contribution in [2.24, 2.45) is 0 Å². The molecule has 0 aromatic carbocycles. The molecule has 5 nitrogen and oxygen atoms in total. The lowest BCUT2D eigenvalue weighted by Crippen LogP contribution is -2.26. The fourth-order valence-corrected chi connectivity index (χ4v) is 1.13. The Bertz CT molecular complexity index is 242. The molecule has 6 heteroatoms. The van der Waals surface area contributed by atoms with Crippen molar-refractivity contribution in [2.75, 3.05) is 25.9 Å². The summed E-state index contributed by atoms with van der Waals surface area (Å²) in [6, 6.07) is 1.93. The summed E-state index contributed by atoms with van der Waals surface area (Å²) < 4.78 is 23.4. The normalized spacial score (nSPS) is 11.0. The van der Waals surface area contributed by atoms with Crippen LogP contribution in [0.1, 0.15) is 6.42 Å². The quantitative estimate of drug-likeness (QED) is 0.418. The molecule has 0 bridgehead atoms. The highest BCUT2D eigenvalue weighted by molar-refractivity contribution is 7.88. The van der Waals surface area contributed by atoms with Crippen LogP contribution in [0, 0.1) is 11.3 Å². The largest absolute Gasteiger partial charge is 0.304 e. The van der Waals surface area contributed by atoms with Crippen LogP contribution in [0.2, 0.25) is 0 Å². The Morgan fingerprint density at radius 2 is 2.08 bits per heavy atom. The second kappa shape index (κ2) is 5.94. The molecule has 0 unspecified atom stereocenters. The summed E-state index contributed by atoms with van der Waals surface area (Å²) in [4.78, 5) is 0. The Balaban J connectivity index is 3.18. The fourth-order valence-electron chi connectivity index (χ4n) is 0.615. The van der Waals surface area contributed by atoms with E-state index in [0.717, 1.165) is 6.26 Å². The Morgan fingerprint density at radius 3 is 2.58 bits per heavy atom. The summed E-state index contributed by atoms with van der Waals surface area (Å²) in [5, 5.41) is 11.0. The average Bonchev–Trinajstić information content (AvgIpc) is 1.94. The van der Waals surface area contributed by atoms with E-state index < -0.39 is 10.0 Å². The van der Waals surface area contributed by atoms with Crippen molar-refractivity contribution in [3.63, 3.8) is 0 Å². The Hall–Kier alpha value is -0.640. The third-order valence-electron chi connectivity index (χ3n) is 1.10. The first-order valence-corrected chi connectivity index (χ1v) is 5.47. The van der Waals surface area contributed by atoms with E-state index in [9.17, 15) is 8.42 Å². The van der Waals surface area contributed by atoms with E-state index in [1.54, 1.807) is 0 Å². The zero-order chi connectivity index (χ0) is 9.45. The fraction of sp³-hybridized carbons (Fsp3) is 0.833. The molecule has 70 valence electrons. The van der Waals surface area contributed by atoms with Crippen molar-refractivity contribution < 1.29 is 8.42 Å². The Labute approximate surface area is 72.8 Å². The van der Waals surface area contributed by atoms with Crippen LogP contribution in [0.25, 0.3) is 0 Å². The number of nitrogens with zero attached hydrogens (tertiary/aromatic N) is 1. The van der Waals surface area contributed by atoms with Gasteiger partial charge in [0, 0.05) is 6.54 Å². The minimum atomic E-state index is -3.06. The first-order valence-electron chi connectivity index (χ1n) is 3.58. The number of sulfonamides is 1. The molecule has 0 fully saturated rings. The van der Waals surface area contributed by atoms with Crippen LogP contribution in [0.5, 0.6) is 0 Å². The minimum absolute atomic E-state index is 0.304. The van der Waals surface area contributed by atoms with Gasteiger partial charge in [-0.25, -0.2) is 13.1 Å². The number of rotatable bonds is 6. The topological polar surface area (TPSA) is 82.0 Å². The summed E-state index contributed by atoms with van der Waals surface area (Å²) in [7, 11) is -3.06. The average molecular weight is 191 g/mol. The summed E-state index contributed by atoms with van der Waals surface area (Å²) in [5.41, 5.74) is 0. The van der Waals surface area contributed by atoms with Gasteiger partial charge in [-0.1, -0.05) is 0 Å². The Kier molecular flexibility index (Phi) is 5.62. The molecule has 12 heavy (non-hydrogen) atoms. The molecule has 0 aliphatic carbocycles. The van der Waals surface area contributed by atoms with E-state index >= 15 is 0 Å². The van der Waals surface area contributed by atoms with Gasteiger partial charge in [-0.15, -0.1) is 0 Å². The molecule has 0 spiro atoms. The van der Waals surface area contributed by atoms with Crippen molar-refractivity contribution in [3.8, 4) is 6.07 Å². The van der Waals surface area contributed by atoms with Crippen molar-refractivity contribution in [1.29, 1.82) is 5.26 Å². The van der Waals surface area contributed by atoms with Gasteiger partial charge in [0.05, 0.1) is 18.9 Å². The summed E-state index contributed by atoms with van der Waals surface area (Å²) in [6.45, 7) is 1.37. The lowest BCUT2D eigenvalue weighted by atomic mass is 10.4. The van der Waals surface area contributed by atoms with Gasteiger partial charge in [0.15, 0.2) is 0 Å². The van der Waals surface area contributed by atoms with Crippen LogP contribution in [0.15, 0.2) is 0 Å². The molecule has 0 aromatic heterocycles. The number of hydrogen-bond donors (Lipinski definition) is 2. The Morgan fingerprint density at radius 1 is 1.42 bits per heavy atom. The molecule has 0 aromatic rings. The molecular formula is C6H13N3O2S. The maximum absolute atomic E-state index is 10.5. The number of hydrogen-bond acceptors (Lipinski definition) is 4. The van der Waals surface area contributed by atoms with E-state index in [1.165, 1.54) is 0 Å². The first kappa shape index (κ1) is 11.4. The van der Waals surface area contributed by atoms with Crippen molar-refractivity contribution >= 4 is 10.0 Å². The molecule has 0 heterocycles. The SMILES string of the molecule is CS(=O)(=O)NCCCNCC#N. The van der Waals surface area contributed by atoms with Crippen LogP contribution in [-0.2, 0) is 10.0 Å². The third-order valence-corrected chi connectivity index (χ3v) is 1.83. The molecule has 0 atom stereocenters. The third kappa shape index (κ3) is 9.36. The van der Waals surface area contributed by atoms with Gasteiger partial charge < -0.3 is 5.32 Å². The maximum Gasteiger partial charge on any atom is 0.208 e. The van der Waals surface area contributed by atoms with Gasteiger partial charge in [0.2, 0.25) is 10.0 Å². The van der Waals surface area contributed by atoms with Crippen LogP contribution in [0.4, 0.5) is 0 Å². The molecule has 0 radical (unpaired) electrons. The lowest BCUT2D eigenvalue weighted by molar-refractivity contribution is 0.582. The summed E-state index contributed by atoms with van der Waals surface area (Å²) in [5.74, 6) is 0. The van der Waals surface area contributed by atoms with E-state index in [2.05, 4.69) is 10.0 Å². The highest BCUT2D eigenvalue weighted by atomic mass is 32.2. The molecule has 0 aliphatic heterocycles. The second-order valence-corrected chi connectivity index (χ2v) is 4.19. The van der Waals surface area contributed by atoms with Gasteiger partial charge in [0.25, 0.3) is 0 Å². The monoisotopic (exact) mass is 191 g/mol. The second-order valence-electron chi connectivity index (χ2n) is 2.35. The van der Waals surface area contributed by atoms with Gasteiger partial charge in [0.1, 0.15) is 0 Å². The van der Waals surface area contributed by atoms with Gasteiger partial charge in [-0.05, 0) is 13.0 Å². The minimum Gasteiger partial charge on any atom is -0.304 e. The maximum atomic E-state index is 10.5. The molecule has 0 rings (SSSR count). The van der Waals surface area contributed by atoms with Gasteiger partial charge in [-0.2, -0.15) is 5.26 Å². The highest BCUT2D eigenvalue weighted by Gasteiger charge is 1.97. The van der Waals surface area contributed by atoms with E-state index in [0.29, 0.717) is 26.1 Å². The van der Waals surface area contributed by atoms with Crippen LogP contribution in [0.3, 0.4) is 0 Å². The molecule has 0 saturated heterocycles. The molecular weight excluding hydrogens is 178 g/mol. The van der Waals surface area contributed by atoms with Crippen molar-refractivity contribution in [2.45, 2.75) is 6.42 Å². The zero-order valence-corrected chi connectivity index (χ0v) is 7.82. The van der Waals surface area contributed by atoms with Crippen molar-refractivity contribution in [1.82, 2.24) is 10.0 Å². The predicted octanol–water partition coefficient (Wildman–Crippen LogP) is -0.961. The number of nitrogens with one attached hydrogen (secondary N) is 2. The van der Waals surface area contributed by atoms with E-state index in [4.69, 9.17) is 5.26 Å². The predicted molar refractivity (Wildman–Crippen MR) is 45.9 cm³/mol. The highest BCUT2D eigenvalue weighted by Crippen LogP contribution is 1.77. The molecule has 0 aliphatic rings. The van der Waals surface area contributed by atoms with Crippen LogP contribution >= 0.6 is 0 Å². The smallest absolute Gasteiger partial charge is 0.208 e. The summed E-state index contributed by atoms with van der Waals surface area (Å²) in [6.07, 6.45) is 1.81. The zero-order valence-electron chi connectivity index (χ0n) is 7.00. The van der Waals surface area contributed by atoms with E-state index in [1.807, 2.05) is 6.07 Å². The van der Waals surface area contributed by atoms with Crippen LogP contribution < -0.4 is 10.0 Å². The first-order chi connectivity index (χ1) is 5.56. The van der Waals surface area contributed by atoms with E-state index in [-0.39, 0.29) is 0 Å². The summed E-state index contributed by atoms with van der Waals surface area (Å²) >= 11 is 0. The van der Waals surface area contributed by atoms with Gasteiger partial charge >= 0.3 is 0 Å². The van der Waals surface area contributed by atoms with Gasteiger partial charge in [-0.3, -0.25) is 0 Å². The lowest BCUT2D eigenvalue weighted by Gasteiger charge is -2.01. The molecule has 2 N–H and O–H groups in total.